The molecule has 174 valence electrons. The summed E-state index contributed by atoms with van der Waals surface area (Å²) in [5, 5.41) is 37.9. The standard InChI is InChI=1S/C28H38O4/c29-25-17-23(18-26(30)21-25)15-13-11-9-7-5-3-1-2-4-6-8-10-12-14-16-24-19-27(31)22-28(32)20-24/h1,3,7,9,17-22,29-32H,2,4-6,8,10-16H2. The first-order chi connectivity index (χ1) is 15.5. The molecule has 2 aromatic rings. The highest BCUT2D eigenvalue weighted by Gasteiger charge is 2.00. The van der Waals surface area contributed by atoms with Crippen LogP contribution in [0.3, 0.4) is 0 Å². The normalized spacial score (nSPS) is 11.6. The van der Waals surface area contributed by atoms with Crippen molar-refractivity contribution in [1.29, 1.82) is 0 Å². The Morgan fingerprint density at radius 2 is 0.844 bits per heavy atom. The molecule has 0 saturated heterocycles. The third-order valence-corrected chi connectivity index (χ3v) is 5.45. The number of aromatic hydroxyl groups is 4. The number of aryl methyl sites for hydroxylation is 2. The summed E-state index contributed by atoms with van der Waals surface area (Å²) in [4.78, 5) is 0. The fourth-order valence-electron chi connectivity index (χ4n) is 3.83. The maximum atomic E-state index is 9.49. The van der Waals surface area contributed by atoms with E-state index in [9.17, 15) is 20.4 Å². The number of allylic oxidation sites excluding steroid dienone is 4. The van der Waals surface area contributed by atoms with Crippen LogP contribution >= 0.6 is 0 Å². The Bertz CT molecular complexity index is 814. The van der Waals surface area contributed by atoms with Crippen molar-refractivity contribution in [3.63, 3.8) is 0 Å². The number of unbranched alkanes of at least 4 members (excludes halogenated alkanes) is 7. The van der Waals surface area contributed by atoms with Gasteiger partial charge in [-0.15, -0.1) is 0 Å². The summed E-state index contributed by atoms with van der Waals surface area (Å²) >= 11 is 0. The van der Waals surface area contributed by atoms with E-state index in [1.165, 1.54) is 44.2 Å². The molecule has 2 aromatic carbocycles. The first-order valence-corrected chi connectivity index (χ1v) is 11.9. The first-order valence-electron chi connectivity index (χ1n) is 11.9. The second kappa shape index (κ2) is 15.0. The Balaban J connectivity index is 1.39. The lowest BCUT2D eigenvalue weighted by Crippen LogP contribution is -1.86. The van der Waals surface area contributed by atoms with Gasteiger partial charge in [0, 0.05) is 12.1 Å². The fraction of sp³-hybridized carbons (Fsp3) is 0.429. The summed E-state index contributed by atoms with van der Waals surface area (Å²) in [5.41, 5.74) is 1.96. The molecule has 2 rings (SSSR count). The van der Waals surface area contributed by atoms with E-state index >= 15 is 0 Å². The van der Waals surface area contributed by atoms with E-state index < -0.39 is 0 Å². The van der Waals surface area contributed by atoms with Gasteiger partial charge in [-0.2, -0.15) is 0 Å². The van der Waals surface area contributed by atoms with Gasteiger partial charge in [0.1, 0.15) is 23.0 Å². The lowest BCUT2D eigenvalue weighted by molar-refractivity contribution is 0.448. The smallest absolute Gasteiger partial charge is 0.119 e. The minimum atomic E-state index is 0.118. The molecule has 0 amide bonds. The number of phenols is 4. The average molecular weight is 439 g/mol. The average Bonchev–Trinajstić information content (AvgIpc) is 2.72. The van der Waals surface area contributed by atoms with E-state index in [-0.39, 0.29) is 23.0 Å². The van der Waals surface area contributed by atoms with Gasteiger partial charge < -0.3 is 20.4 Å². The molecule has 0 spiro atoms. The topological polar surface area (TPSA) is 80.9 Å². The van der Waals surface area contributed by atoms with E-state index in [0.29, 0.717) is 0 Å². The molecule has 0 aliphatic carbocycles. The lowest BCUT2D eigenvalue weighted by atomic mass is 10.0. The van der Waals surface area contributed by atoms with Gasteiger partial charge in [-0.3, -0.25) is 0 Å². The minimum Gasteiger partial charge on any atom is -0.508 e. The van der Waals surface area contributed by atoms with Gasteiger partial charge in [0.15, 0.2) is 0 Å². The molecule has 0 heterocycles. The van der Waals surface area contributed by atoms with Crippen molar-refractivity contribution >= 4 is 0 Å². The Kier molecular flexibility index (Phi) is 11.9. The number of hydrogen-bond donors (Lipinski definition) is 4. The SMILES string of the molecule is Oc1cc(O)cc(CCCC=CCC=CCCCCCCCCc2cc(O)cc(O)c2)c1. The third-order valence-electron chi connectivity index (χ3n) is 5.45. The van der Waals surface area contributed by atoms with Crippen molar-refractivity contribution in [1.82, 2.24) is 0 Å². The van der Waals surface area contributed by atoms with E-state index in [2.05, 4.69) is 24.3 Å². The summed E-state index contributed by atoms with van der Waals surface area (Å²) in [6.45, 7) is 0. The Morgan fingerprint density at radius 1 is 0.438 bits per heavy atom. The minimum absolute atomic E-state index is 0.118. The van der Waals surface area contributed by atoms with Gasteiger partial charge in [-0.1, -0.05) is 50.0 Å². The largest absolute Gasteiger partial charge is 0.508 e. The van der Waals surface area contributed by atoms with Crippen LogP contribution in [0.4, 0.5) is 0 Å². The monoisotopic (exact) mass is 438 g/mol. The Morgan fingerprint density at radius 3 is 1.38 bits per heavy atom. The van der Waals surface area contributed by atoms with E-state index in [1.54, 1.807) is 24.3 Å². The summed E-state index contributed by atoms with van der Waals surface area (Å²) in [6.07, 6.45) is 22.0. The molecule has 0 saturated carbocycles. The molecule has 0 bridgehead atoms. The van der Waals surface area contributed by atoms with Crippen molar-refractivity contribution in [2.24, 2.45) is 0 Å². The molecule has 0 aliphatic rings. The van der Waals surface area contributed by atoms with Crippen LogP contribution in [0.15, 0.2) is 60.7 Å². The highest BCUT2D eigenvalue weighted by atomic mass is 16.3. The zero-order chi connectivity index (χ0) is 23.0. The zero-order valence-corrected chi connectivity index (χ0v) is 19.0. The Hall–Kier alpha value is -2.88. The zero-order valence-electron chi connectivity index (χ0n) is 19.0. The van der Waals surface area contributed by atoms with Crippen molar-refractivity contribution < 1.29 is 20.4 Å². The molecule has 4 N–H and O–H groups in total. The molecule has 0 aliphatic heterocycles. The molecule has 32 heavy (non-hydrogen) atoms. The summed E-state index contributed by atoms with van der Waals surface area (Å²) in [6, 6.07) is 9.58. The highest BCUT2D eigenvalue weighted by molar-refractivity contribution is 5.37. The van der Waals surface area contributed by atoms with Crippen molar-refractivity contribution in [2.75, 3.05) is 0 Å². The maximum absolute atomic E-state index is 9.49. The summed E-state index contributed by atoms with van der Waals surface area (Å²) in [5.74, 6) is 0.505. The summed E-state index contributed by atoms with van der Waals surface area (Å²) < 4.78 is 0. The van der Waals surface area contributed by atoms with Crippen LogP contribution in [0.5, 0.6) is 23.0 Å². The second-order valence-electron chi connectivity index (χ2n) is 8.45. The molecular formula is C28H38O4. The van der Waals surface area contributed by atoms with Crippen molar-refractivity contribution in [2.45, 2.75) is 77.0 Å². The maximum Gasteiger partial charge on any atom is 0.119 e. The van der Waals surface area contributed by atoms with Crippen LogP contribution < -0.4 is 0 Å². The van der Waals surface area contributed by atoms with Crippen LogP contribution in [0, 0.1) is 0 Å². The van der Waals surface area contributed by atoms with Crippen molar-refractivity contribution in [3.8, 4) is 23.0 Å². The van der Waals surface area contributed by atoms with Gasteiger partial charge >= 0.3 is 0 Å². The van der Waals surface area contributed by atoms with Crippen molar-refractivity contribution in [3.05, 3.63) is 71.8 Å². The first kappa shape index (κ1) is 25.4. The quantitative estimate of drug-likeness (QED) is 0.174. The van der Waals surface area contributed by atoms with Gasteiger partial charge in [-0.25, -0.2) is 0 Å². The number of benzene rings is 2. The Labute approximate surface area is 192 Å². The van der Waals surface area contributed by atoms with Crippen LogP contribution in [0.1, 0.15) is 75.3 Å². The van der Waals surface area contributed by atoms with Gasteiger partial charge in [-0.05, 0) is 86.8 Å². The van der Waals surface area contributed by atoms with Gasteiger partial charge in [0.05, 0.1) is 0 Å². The number of hydrogen-bond acceptors (Lipinski definition) is 4. The molecule has 0 fully saturated rings. The molecule has 0 atom stereocenters. The van der Waals surface area contributed by atoms with Gasteiger partial charge in [0.2, 0.25) is 0 Å². The number of rotatable bonds is 15. The van der Waals surface area contributed by atoms with Crippen LogP contribution in [-0.2, 0) is 12.8 Å². The number of phenolic OH excluding ortho intramolecular Hbond substituents is 4. The fourth-order valence-corrected chi connectivity index (χ4v) is 3.83. The van der Waals surface area contributed by atoms with E-state index in [4.69, 9.17) is 0 Å². The van der Waals surface area contributed by atoms with Crippen LogP contribution in [0.25, 0.3) is 0 Å². The molecule has 4 heteroatoms. The predicted molar refractivity (Wildman–Crippen MR) is 131 cm³/mol. The van der Waals surface area contributed by atoms with E-state index in [0.717, 1.165) is 56.1 Å². The second-order valence-corrected chi connectivity index (χ2v) is 8.45. The molecule has 0 radical (unpaired) electrons. The predicted octanol–water partition coefficient (Wildman–Crippen LogP) is 7.31. The van der Waals surface area contributed by atoms with Crippen LogP contribution in [0.2, 0.25) is 0 Å². The molecule has 0 aromatic heterocycles. The van der Waals surface area contributed by atoms with Crippen LogP contribution in [-0.4, -0.2) is 20.4 Å². The lowest BCUT2D eigenvalue weighted by Gasteiger charge is -2.04. The third kappa shape index (κ3) is 11.5. The molecule has 4 nitrogen and oxygen atoms in total. The highest BCUT2D eigenvalue weighted by Crippen LogP contribution is 2.23. The van der Waals surface area contributed by atoms with E-state index in [1.807, 2.05) is 0 Å². The molecule has 0 unspecified atom stereocenters. The van der Waals surface area contributed by atoms with Gasteiger partial charge in [0.25, 0.3) is 0 Å². The molecular weight excluding hydrogens is 400 g/mol. The summed E-state index contributed by atoms with van der Waals surface area (Å²) in [7, 11) is 0.